The predicted molar refractivity (Wildman–Crippen MR) is 157 cm³/mol. The van der Waals surface area contributed by atoms with Gasteiger partial charge in [0.25, 0.3) is 0 Å². The van der Waals surface area contributed by atoms with Gasteiger partial charge in [-0.3, -0.25) is 19.3 Å². The number of anilines is 2. The first-order valence-electron chi connectivity index (χ1n) is 14.7. The molecule has 2 saturated carbocycles. The van der Waals surface area contributed by atoms with E-state index in [4.69, 9.17) is 9.84 Å². The van der Waals surface area contributed by atoms with E-state index in [1.54, 1.807) is 24.3 Å². The Bertz CT molecular complexity index is 1330. The molecule has 0 saturated heterocycles. The van der Waals surface area contributed by atoms with Crippen LogP contribution < -0.4 is 10.2 Å². The molecule has 0 spiro atoms. The molecule has 3 amide bonds. The van der Waals surface area contributed by atoms with Gasteiger partial charge in [0.2, 0.25) is 5.91 Å². The van der Waals surface area contributed by atoms with Gasteiger partial charge in [-0.15, -0.1) is 0 Å². The number of fused-ring (bicyclic) bond motifs is 1. The summed E-state index contributed by atoms with van der Waals surface area (Å²) < 4.78 is 4.74. The van der Waals surface area contributed by atoms with Crippen molar-refractivity contribution < 1.29 is 23.9 Å². The molecule has 2 fully saturated rings. The second-order valence-corrected chi connectivity index (χ2v) is 11.2. The number of urea groups is 1. The number of nitrogens with one attached hydrogen (secondary N) is 1. The van der Waals surface area contributed by atoms with Gasteiger partial charge >= 0.3 is 12.0 Å². The van der Waals surface area contributed by atoms with Crippen molar-refractivity contribution in [1.29, 1.82) is 0 Å². The molecule has 1 N–H and O–H groups in total. The third-order valence-corrected chi connectivity index (χ3v) is 8.35. The monoisotopic (exact) mass is 558 g/mol. The highest BCUT2D eigenvalue weighted by atomic mass is 16.5. The Morgan fingerprint density at radius 3 is 2.41 bits per heavy atom. The van der Waals surface area contributed by atoms with E-state index in [1.165, 1.54) is 23.4 Å². The van der Waals surface area contributed by atoms with Crippen molar-refractivity contribution in [3.8, 4) is 0 Å². The highest BCUT2D eigenvalue weighted by molar-refractivity contribution is 6.13. The summed E-state index contributed by atoms with van der Waals surface area (Å²) in [6.45, 7) is -0.347. The number of methoxy groups -OCH3 is 1. The van der Waals surface area contributed by atoms with Crippen LogP contribution in [0.1, 0.15) is 68.9 Å². The molecule has 2 aliphatic carbocycles. The second-order valence-electron chi connectivity index (χ2n) is 11.2. The minimum atomic E-state index is -0.482. The third kappa shape index (κ3) is 6.84. The number of Topliss-reactive ketones (excluding diaryl/α,β-unsaturated/α-hetero) is 1. The zero-order valence-electron chi connectivity index (χ0n) is 23.6. The lowest BCUT2D eigenvalue weighted by Gasteiger charge is -2.26. The molecule has 2 aromatic rings. The molecule has 41 heavy (non-hydrogen) atoms. The van der Waals surface area contributed by atoms with Crippen LogP contribution in [0.15, 0.2) is 53.6 Å². The number of benzene rings is 2. The number of ketones is 1. The van der Waals surface area contributed by atoms with Crippen molar-refractivity contribution in [2.45, 2.75) is 64.2 Å². The van der Waals surface area contributed by atoms with Crippen LogP contribution in [0.25, 0.3) is 0 Å². The molecule has 2 aromatic carbocycles. The maximum Gasteiger partial charge on any atom is 0.345 e. The molecule has 1 heterocycles. The van der Waals surface area contributed by atoms with Crippen LogP contribution in [0.5, 0.6) is 0 Å². The fraction of sp³-hybridized carbons (Fsp3) is 0.469. The van der Waals surface area contributed by atoms with Crippen molar-refractivity contribution in [2.24, 2.45) is 16.9 Å². The van der Waals surface area contributed by atoms with Crippen LogP contribution >= 0.6 is 0 Å². The molecule has 9 heteroatoms. The lowest BCUT2D eigenvalue weighted by atomic mass is 9.83. The molecule has 0 radical (unpaired) electrons. The second kappa shape index (κ2) is 13.1. The average Bonchev–Trinajstić information content (AvgIpc) is 3.50. The number of hydrogen-bond donors (Lipinski definition) is 1. The summed E-state index contributed by atoms with van der Waals surface area (Å²) in [4.78, 5) is 53.8. The molecular formula is C32H38N4O5. The Morgan fingerprint density at radius 1 is 0.927 bits per heavy atom. The number of para-hydroxylation sites is 1. The number of hydrogen-bond acceptors (Lipinski definition) is 6. The smallest absolute Gasteiger partial charge is 0.345 e. The summed E-state index contributed by atoms with van der Waals surface area (Å²) in [5.41, 5.74) is 3.53. The first-order valence-corrected chi connectivity index (χ1v) is 14.7. The van der Waals surface area contributed by atoms with Crippen molar-refractivity contribution in [1.82, 2.24) is 5.01 Å². The molecule has 1 aliphatic heterocycles. The molecule has 5 rings (SSSR count). The van der Waals surface area contributed by atoms with Gasteiger partial charge in [-0.1, -0.05) is 62.4 Å². The van der Waals surface area contributed by atoms with E-state index in [0.29, 0.717) is 16.9 Å². The van der Waals surface area contributed by atoms with Crippen molar-refractivity contribution >= 4 is 40.8 Å². The maximum absolute atomic E-state index is 14.0. The van der Waals surface area contributed by atoms with Crippen molar-refractivity contribution in [3.63, 3.8) is 0 Å². The zero-order chi connectivity index (χ0) is 28.8. The largest absolute Gasteiger partial charge is 0.469 e. The highest BCUT2D eigenvalue weighted by Crippen LogP contribution is 2.35. The van der Waals surface area contributed by atoms with Gasteiger partial charge in [-0.2, -0.15) is 5.10 Å². The van der Waals surface area contributed by atoms with E-state index in [1.807, 2.05) is 24.3 Å². The minimum Gasteiger partial charge on any atom is -0.469 e. The summed E-state index contributed by atoms with van der Waals surface area (Å²) in [7, 11) is 1.33. The molecule has 216 valence electrons. The van der Waals surface area contributed by atoms with Gasteiger partial charge in [0.1, 0.15) is 6.54 Å². The highest BCUT2D eigenvalue weighted by Gasteiger charge is 2.36. The number of carbonyl (C=O) groups excluding carboxylic acids is 4. The van der Waals surface area contributed by atoms with E-state index in [-0.39, 0.29) is 43.1 Å². The van der Waals surface area contributed by atoms with Crippen LogP contribution in [0.4, 0.5) is 16.2 Å². The number of hydrazone groups is 1. The minimum absolute atomic E-state index is 0.0361. The SMILES string of the molecule is COC(=O)Cc1cccc(NC(=O)CN2N=C(C3CCCCC3)c3ccccc3N(CC(=O)C3CCCC3)C2=O)c1. The maximum atomic E-state index is 14.0. The number of ether oxygens (including phenoxy) is 1. The number of esters is 1. The van der Waals surface area contributed by atoms with E-state index in [0.717, 1.165) is 62.6 Å². The summed E-state index contributed by atoms with van der Waals surface area (Å²) in [5.74, 6) is -0.610. The van der Waals surface area contributed by atoms with Crippen LogP contribution in [0.3, 0.4) is 0 Å². The van der Waals surface area contributed by atoms with E-state index < -0.39 is 11.9 Å². The van der Waals surface area contributed by atoms with Crippen LogP contribution in [-0.4, -0.2) is 54.6 Å². The number of carbonyl (C=O) groups is 4. The van der Waals surface area contributed by atoms with Crippen LogP contribution in [-0.2, 0) is 25.5 Å². The topological polar surface area (TPSA) is 108 Å². The molecule has 0 atom stereocenters. The number of nitrogens with zero attached hydrogens (tertiary/aromatic N) is 3. The quantitative estimate of drug-likeness (QED) is 0.419. The Balaban J connectivity index is 1.42. The summed E-state index contributed by atoms with van der Waals surface area (Å²) >= 11 is 0. The normalized spacial score (nSPS) is 18.0. The van der Waals surface area contributed by atoms with E-state index in [9.17, 15) is 19.2 Å². The van der Waals surface area contributed by atoms with Gasteiger partial charge < -0.3 is 10.1 Å². The van der Waals surface area contributed by atoms with Gasteiger partial charge in [-0.25, -0.2) is 9.80 Å². The summed E-state index contributed by atoms with van der Waals surface area (Å²) in [6, 6.07) is 14.1. The molecular weight excluding hydrogens is 520 g/mol. The lowest BCUT2D eigenvalue weighted by molar-refractivity contribution is -0.139. The molecule has 0 unspecified atom stereocenters. The Kier molecular flexibility index (Phi) is 9.11. The van der Waals surface area contributed by atoms with Crippen LogP contribution in [0, 0.1) is 11.8 Å². The molecule has 0 bridgehead atoms. The Morgan fingerprint density at radius 2 is 1.66 bits per heavy atom. The predicted octanol–water partition coefficient (Wildman–Crippen LogP) is 5.33. The lowest BCUT2D eigenvalue weighted by Crippen LogP contribution is -2.46. The fourth-order valence-electron chi connectivity index (χ4n) is 6.20. The van der Waals surface area contributed by atoms with Gasteiger partial charge in [-0.05, 0) is 49.4 Å². The van der Waals surface area contributed by atoms with E-state index >= 15 is 0 Å². The van der Waals surface area contributed by atoms with Crippen LogP contribution in [0.2, 0.25) is 0 Å². The van der Waals surface area contributed by atoms with E-state index in [2.05, 4.69) is 5.32 Å². The van der Waals surface area contributed by atoms with Gasteiger partial charge in [0, 0.05) is 23.1 Å². The number of amides is 3. The Hall–Kier alpha value is -4.01. The third-order valence-electron chi connectivity index (χ3n) is 8.35. The molecule has 3 aliphatic rings. The Labute approximate surface area is 240 Å². The average molecular weight is 559 g/mol. The molecule has 9 nitrogen and oxygen atoms in total. The first kappa shape index (κ1) is 28.5. The van der Waals surface area contributed by atoms with Gasteiger partial charge in [0.05, 0.1) is 31.5 Å². The van der Waals surface area contributed by atoms with Crippen molar-refractivity contribution in [2.75, 3.05) is 30.4 Å². The summed E-state index contributed by atoms with van der Waals surface area (Å²) in [6.07, 6.45) is 9.14. The standard InChI is InChI=1S/C32H38N4O5/c1-41-30(39)19-22-10-9-15-25(18-22)33-29(38)21-36-32(40)35(20-28(37)23-11-5-6-12-23)27-17-8-7-16-26(27)31(34-36)24-13-3-2-4-14-24/h7-10,15-18,23-24H,2-6,11-14,19-21H2,1H3,(H,33,38). The van der Waals surface area contributed by atoms with Gasteiger partial charge in [0.15, 0.2) is 5.78 Å². The molecule has 0 aromatic heterocycles. The van der Waals surface area contributed by atoms with Crippen molar-refractivity contribution in [3.05, 3.63) is 59.7 Å². The summed E-state index contributed by atoms with van der Waals surface area (Å²) in [5, 5.41) is 8.91. The number of rotatable bonds is 9. The zero-order valence-corrected chi connectivity index (χ0v) is 23.6. The first-order chi connectivity index (χ1) is 19.9. The fourth-order valence-corrected chi connectivity index (χ4v) is 6.20.